The fraction of sp³-hybridized carbons (Fsp3) is 0.459. The topological polar surface area (TPSA) is 152 Å². The number of esters is 1. The molecule has 0 spiro atoms. The maximum absolute atomic E-state index is 13.4. The number of allylic oxidation sites excluding steroid dienone is 2. The van der Waals surface area contributed by atoms with Gasteiger partial charge in [-0.2, -0.15) is 0 Å². The van der Waals surface area contributed by atoms with Crippen molar-refractivity contribution in [3.8, 4) is 0 Å². The lowest BCUT2D eigenvalue weighted by atomic mass is 9.96. The number of nitrogens with one attached hydrogen (secondary N) is 3. The zero-order chi connectivity index (χ0) is 34.8. The molecule has 2 rings (SSSR count). The lowest BCUT2D eigenvalue weighted by Gasteiger charge is -2.23. The fourth-order valence-corrected chi connectivity index (χ4v) is 4.87. The van der Waals surface area contributed by atoms with E-state index in [0.717, 1.165) is 11.1 Å². The summed E-state index contributed by atoms with van der Waals surface area (Å²) in [7, 11) is 0. The number of ether oxygens (including phenoxy) is 3. The van der Waals surface area contributed by atoms with Gasteiger partial charge in [-0.3, -0.25) is 14.4 Å². The van der Waals surface area contributed by atoms with Crippen LogP contribution in [-0.4, -0.2) is 74.5 Å². The Balaban J connectivity index is 1.95. The van der Waals surface area contributed by atoms with Gasteiger partial charge < -0.3 is 35.3 Å². The van der Waals surface area contributed by atoms with Gasteiger partial charge in [-0.25, -0.2) is 4.79 Å². The smallest absolute Gasteiger partial charge is 0.407 e. The third-order valence-electron chi connectivity index (χ3n) is 7.40. The van der Waals surface area contributed by atoms with E-state index in [1.807, 2.05) is 60.7 Å². The van der Waals surface area contributed by atoms with Crippen LogP contribution in [-0.2, 0) is 41.6 Å². The summed E-state index contributed by atoms with van der Waals surface area (Å²) in [5, 5.41) is 17.2. The van der Waals surface area contributed by atoms with Crippen LogP contribution in [0.4, 0.5) is 4.79 Å². The van der Waals surface area contributed by atoms with Crippen molar-refractivity contribution < 1.29 is 38.5 Å². The second kappa shape index (κ2) is 24.7. The number of rotatable bonds is 25. The molecule has 0 saturated carbocycles. The van der Waals surface area contributed by atoms with E-state index >= 15 is 0 Å². The molecule has 0 bridgehead atoms. The zero-order valence-electron chi connectivity index (χ0n) is 27.8. The number of aliphatic hydroxyl groups is 1. The highest BCUT2D eigenvalue weighted by Gasteiger charge is 2.25. The van der Waals surface area contributed by atoms with Crippen molar-refractivity contribution in [2.24, 2.45) is 11.8 Å². The fourth-order valence-electron chi connectivity index (χ4n) is 4.87. The molecule has 0 aliphatic heterocycles. The predicted molar refractivity (Wildman–Crippen MR) is 184 cm³/mol. The second-order valence-electron chi connectivity index (χ2n) is 11.3. The molecule has 3 amide bonds. The van der Waals surface area contributed by atoms with E-state index in [2.05, 4.69) is 29.1 Å². The molecule has 11 nitrogen and oxygen atoms in total. The summed E-state index contributed by atoms with van der Waals surface area (Å²) in [6.07, 6.45) is 5.60. The molecule has 0 heterocycles. The molecule has 11 heteroatoms. The van der Waals surface area contributed by atoms with Crippen molar-refractivity contribution in [2.45, 2.75) is 57.6 Å². The first kappa shape index (κ1) is 39.7. The van der Waals surface area contributed by atoms with Crippen LogP contribution in [0.5, 0.6) is 0 Å². The highest BCUT2D eigenvalue weighted by molar-refractivity contribution is 5.86. The quantitative estimate of drug-likeness (QED) is 0.0698. The Kier molecular flexibility index (Phi) is 20.4. The molecule has 262 valence electrons. The molecule has 48 heavy (non-hydrogen) atoms. The van der Waals surface area contributed by atoms with E-state index in [0.29, 0.717) is 38.6 Å². The summed E-state index contributed by atoms with van der Waals surface area (Å²) in [5.74, 6) is -2.15. The Hall–Kier alpha value is -4.48. The summed E-state index contributed by atoms with van der Waals surface area (Å²) < 4.78 is 16.2. The number of unbranched alkanes of at least 4 members (excludes halogenated alkanes) is 1. The van der Waals surface area contributed by atoms with Gasteiger partial charge in [0.2, 0.25) is 11.8 Å². The van der Waals surface area contributed by atoms with Gasteiger partial charge in [0.05, 0.1) is 37.7 Å². The minimum absolute atomic E-state index is 0.0469. The number of benzene rings is 2. The van der Waals surface area contributed by atoms with Crippen molar-refractivity contribution in [1.82, 2.24) is 16.0 Å². The van der Waals surface area contributed by atoms with Gasteiger partial charge in [0, 0.05) is 19.5 Å². The Morgan fingerprint density at radius 3 is 2.12 bits per heavy atom. The minimum atomic E-state index is -0.674. The van der Waals surface area contributed by atoms with Gasteiger partial charge in [-0.15, -0.1) is 13.2 Å². The highest BCUT2D eigenvalue weighted by Crippen LogP contribution is 2.16. The monoisotopic (exact) mass is 665 g/mol. The van der Waals surface area contributed by atoms with Crippen molar-refractivity contribution in [1.29, 1.82) is 0 Å². The number of amides is 3. The van der Waals surface area contributed by atoms with Gasteiger partial charge in [0.25, 0.3) is 0 Å². The van der Waals surface area contributed by atoms with E-state index in [9.17, 15) is 19.2 Å². The van der Waals surface area contributed by atoms with Crippen LogP contribution in [0.2, 0.25) is 0 Å². The van der Waals surface area contributed by atoms with E-state index in [1.165, 1.54) is 0 Å². The van der Waals surface area contributed by atoms with Crippen molar-refractivity contribution >= 4 is 23.9 Å². The van der Waals surface area contributed by atoms with Gasteiger partial charge >= 0.3 is 12.1 Å². The maximum atomic E-state index is 13.4. The van der Waals surface area contributed by atoms with Crippen molar-refractivity contribution in [3.63, 3.8) is 0 Å². The first-order chi connectivity index (χ1) is 23.4. The molecule has 2 aromatic rings. The summed E-state index contributed by atoms with van der Waals surface area (Å²) >= 11 is 0. The molecule has 0 aliphatic carbocycles. The molecule has 2 aromatic carbocycles. The van der Waals surface area contributed by atoms with Gasteiger partial charge in [0.1, 0.15) is 13.2 Å². The Bertz CT molecular complexity index is 1240. The van der Waals surface area contributed by atoms with Crippen LogP contribution < -0.4 is 16.0 Å². The molecule has 0 saturated heterocycles. The van der Waals surface area contributed by atoms with Gasteiger partial charge in [-0.1, -0.05) is 72.8 Å². The number of hydrogen-bond donors (Lipinski definition) is 4. The molecule has 0 aliphatic rings. The highest BCUT2D eigenvalue weighted by atomic mass is 16.5. The largest absolute Gasteiger partial charge is 0.463 e. The lowest BCUT2D eigenvalue weighted by Crippen LogP contribution is -2.43. The van der Waals surface area contributed by atoms with Gasteiger partial charge in [0.15, 0.2) is 0 Å². The van der Waals surface area contributed by atoms with Crippen molar-refractivity contribution in [3.05, 3.63) is 97.1 Å². The number of alkyl carbamates (subject to hydrolysis) is 1. The Morgan fingerprint density at radius 2 is 1.46 bits per heavy atom. The van der Waals surface area contributed by atoms with Crippen LogP contribution in [0.1, 0.15) is 49.7 Å². The SMILES string of the molecule is C=CC[C@@H](CC(=O)NCCOCCO)C(=O)N[C@@H](CCCCNC(=O)OCc1ccccc1)COC(=O)[C@@H](CC=C)Cc1ccccc1. The zero-order valence-corrected chi connectivity index (χ0v) is 27.8. The van der Waals surface area contributed by atoms with Crippen LogP contribution >= 0.6 is 0 Å². The van der Waals surface area contributed by atoms with Crippen LogP contribution in [0.15, 0.2) is 86.0 Å². The predicted octanol–water partition coefficient (Wildman–Crippen LogP) is 4.25. The Morgan fingerprint density at radius 1 is 0.792 bits per heavy atom. The molecule has 3 atom stereocenters. The maximum Gasteiger partial charge on any atom is 0.407 e. The van der Waals surface area contributed by atoms with E-state index < -0.39 is 24.0 Å². The summed E-state index contributed by atoms with van der Waals surface area (Å²) in [4.78, 5) is 51.2. The number of hydrogen-bond acceptors (Lipinski definition) is 8. The van der Waals surface area contributed by atoms with E-state index in [-0.39, 0.29) is 70.2 Å². The minimum Gasteiger partial charge on any atom is -0.463 e. The molecule has 4 N–H and O–H groups in total. The van der Waals surface area contributed by atoms with Crippen molar-refractivity contribution in [2.75, 3.05) is 39.5 Å². The molecule has 0 aromatic heterocycles. The molecule has 0 unspecified atom stereocenters. The summed E-state index contributed by atoms with van der Waals surface area (Å²) in [6, 6.07) is 18.5. The van der Waals surface area contributed by atoms with Crippen LogP contribution in [0.25, 0.3) is 0 Å². The molecular formula is C37H51N3O8. The molecule has 0 radical (unpaired) electrons. The van der Waals surface area contributed by atoms with Gasteiger partial charge in [-0.05, 0) is 49.7 Å². The Labute approximate surface area is 284 Å². The number of carbonyl (C=O) groups excluding carboxylic acids is 4. The lowest BCUT2D eigenvalue weighted by molar-refractivity contribution is -0.150. The average Bonchev–Trinajstić information content (AvgIpc) is 3.09. The third kappa shape index (κ3) is 17.4. The first-order valence-electron chi connectivity index (χ1n) is 16.5. The normalized spacial score (nSPS) is 12.5. The van der Waals surface area contributed by atoms with Crippen LogP contribution in [0, 0.1) is 11.8 Å². The third-order valence-corrected chi connectivity index (χ3v) is 7.40. The summed E-state index contributed by atoms with van der Waals surface area (Å²) in [5.41, 5.74) is 1.89. The molecular weight excluding hydrogens is 614 g/mol. The standard InChI is InChI=1S/C37H51N3O8/c1-3-13-31(26-34(42)38-21-23-46-24-22-41)35(43)40-33(19-11-12-20-39-37(45)48-27-30-17-9-6-10-18-30)28-47-36(44)32(14-4-2)25-29-15-7-5-8-16-29/h3-10,15-18,31-33,41H,1-2,11-14,19-28H2,(H,38,42)(H,39,45)(H,40,43)/t31-,32-,33-/m0/s1. The van der Waals surface area contributed by atoms with E-state index in [4.69, 9.17) is 19.3 Å². The van der Waals surface area contributed by atoms with Crippen LogP contribution in [0.3, 0.4) is 0 Å². The molecule has 0 fully saturated rings. The summed E-state index contributed by atoms with van der Waals surface area (Å²) in [6.45, 7) is 8.58. The number of aliphatic hydroxyl groups excluding tert-OH is 1. The van der Waals surface area contributed by atoms with E-state index in [1.54, 1.807) is 12.2 Å². The first-order valence-corrected chi connectivity index (χ1v) is 16.5. The second-order valence-corrected chi connectivity index (χ2v) is 11.3. The number of carbonyl (C=O) groups is 4. The average molecular weight is 666 g/mol.